The van der Waals surface area contributed by atoms with Gasteiger partial charge in [-0.3, -0.25) is 4.68 Å². The van der Waals surface area contributed by atoms with E-state index < -0.39 is 0 Å². The van der Waals surface area contributed by atoms with E-state index in [2.05, 4.69) is 15.3 Å². The van der Waals surface area contributed by atoms with Gasteiger partial charge in [-0.1, -0.05) is 11.8 Å². The van der Waals surface area contributed by atoms with Crippen molar-refractivity contribution in [2.45, 2.75) is 18.3 Å². The molecule has 0 fully saturated rings. The summed E-state index contributed by atoms with van der Waals surface area (Å²) in [5, 5.41) is 12.3. The highest BCUT2D eigenvalue weighted by Crippen LogP contribution is 2.15. The van der Waals surface area contributed by atoms with Crippen LogP contribution in [0, 0.1) is 0 Å². The van der Waals surface area contributed by atoms with Crippen molar-refractivity contribution in [2.24, 2.45) is 5.73 Å². The molecule has 0 atom stereocenters. The molecule has 0 bridgehead atoms. The molecule has 0 spiro atoms. The van der Waals surface area contributed by atoms with E-state index in [9.17, 15) is 0 Å². The minimum Gasteiger partial charge on any atom is -0.415 e. The standard InChI is InChI=1S/C8H11N5OS/c9-6-7-11-12-8(14-7)15-5-4-13-3-1-2-10-13/h1-3H,4-6,9H2. The van der Waals surface area contributed by atoms with Crippen LogP contribution in [0.3, 0.4) is 0 Å². The number of rotatable bonds is 5. The molecular formula is C8H11N5OS. The van der Waals surface area contributed by atoms with E-state index in [1.165, 1.54) is 11.8 Å². The minimum absolute atomic E-state index is 0.284. The second-order valence-corrected chi connectivity index (χ2v) is 3.83. The van der Waals surface area contributed by atoms with Crippen molar-refractivity contribution in [1.82, 2.24) is 20.0 Å². The Labute approximate surface area is 90.9 Å². The molecule has 6 nitrogen and oxygen atoms in total. The Balaban J connectivity index is 1.78. The summed E-state index contributed by atoms with van der Waals surface area (Å²) in [4.78, 5) is 0. The molecule has 7 heteroatoms. The molecule has 0 aliphatic heterocycles. The van der Waals surface area contributed by atoms with Crippen molar-refractivity contribution in [3.05, 3.63) is 24.4 Å². The average molecular weight is 225 g/mol. The molecule has 2 aromatic heterocycles. The zero-order chi connectivity index (χ0) is 10.5. The van der Waals surface area contributed by atoms with Crippen LogP contribution in [-0.4, -0.2) is 25.7 Å². The predicted octanol–water partition coefficient (Wildman–Crippen LogP) is 0.517. The molecule has 0 saturated heterocycles. The molecule has 2 N–H and O–H groups in total. The summed E-state index contributed by atoms with van der Waals surface area (Å²) >= 11 is 1.50. The highest BCUT2D eigenvalue weighted by molar-refractivity contribution is 7.99. The van der Waals surface area contributed by atoms with Crippen LogP contribution in [0.25, 0.3) is 0 Å². The Hall–Kier alpha value is -1.34. The van der Waals surface area contributed by atoms with E-state index in [4.69, 9.17) is 10.2 Å². The molecule has 15 heavy (non-hydrogen) atoms. The fourth-order valence-electron chi connectivity index (χ4n) is 1.04. The predicted molar refractivity (Wildman–Crippen MR) is 55.1 cm³/mol. The van der Waals surface area contributed by atoms with E-state index in [1.54, 1.807) is 6.20 Å². The van der Waals surface area contributed by atoms with Gasteiger partial charge in [0.2, 0.25) is 5.89 Å². The lowest BCUT2D eigenvalue weighted by molar-refractivity contribution is 0.414. The third-order valence-corrected chi connectivity index (χ3v) is 2.53. The van der Waals surface area contributed by atoms with Crippen LogP contribution in [0.1, 0.15) is 5.89 Å². The molecule has 0 aromatic carbocycles. The first-order valence-corrected chi connectivity index (χ1v) is 5.49. The van der Waals surface area contributed by atoms with E-state index in [-0.39, 0.29) is 6.54 Å². The highest BCUT2D eigenvalue weighted by Gasteiger charge is 2.04. The Morgan fingerprint density at radius 1 is 1.47 bits per heavy atom. The molecule has 2 heterocycles. The van der Waals surface area contributed by atoms with Crippen LogP contribution in [-0.2, 0) is 13.1 Å². The summed E-state index contributed by atoms with van der Waals surface area (Å²) in [6, 6.07) is 1.89. The van der Waals surface area contributed by atoms with Gasteiger partial charge in [-0.25, -0.2) is 0 Å². The van der Waals surface area contributed by atoms with E-state index >= 15 is 0 Å². The van der Waals surface area contributed by atoms with Gasteiger partial charge in [0, 0.05) is 18.1 Å². The number of hydrogen-bond acceptors (Lipinski definition) is 6. The summed E-state index contributed by atoms with van der Waals surface area (Å²) in [6.45, 7) is 1.10. The van der Waals surface area contributed by atoms with Gasteiger partial charge >= 0.3 is 0 Å². The zero-order valence-electron chi connectivity index (χ0n) is 8.04. The van der Waals surface area contributed by atoms with Crippen molar-refractivity contribution in [3.8, 4) is 0 Å². The topological polar surface area (TPSA) is 82.8 Å². The van der Waals surface area contributed by atoms with Gasteiger partial charge in [0.05, 0.1) is 13.1 Å². The van der Waals surface area contributed by atoms with E-state index in [1.807, 2.05) is 16.9 Å². The van der Waals surface area contributed by atoms with Gasteiger partial charge in [0.15, 0.2) is 0 Å². The van der Waals surface area contributed by atoms with Crippen LogP contribution in [0.4, 0.5) is 0 Å². The second-order valence-electron chi connectivity index (χ2n) is 2.78. The Morgan fingerprint density at radius 3 is 3.07 bits per heavy atom. The third-order valence-electron chi connectivity index (χ3n) is 1.73. The van der Waals surface area contributed by atoms with Crippen LogP contribution in [0.15, 0.2) is 28.1 Å². The first kappa shape index (κ1) is 10.2. The summed E-state index contributed by atoms with van der Waals surface area (Å²) in [5.41, 5.74) is 5.35. The van der Waals surface area contributed by atoms with Crippen molar-refractivity contribution in [2.75, 3.05) is 5.75 Å². The maximum absolute atomic E-state index is 5.35. The molecule has 0 unspecified atom stereocenters. The first-order chi connectivity index (χ1) is 7.38. The molecule has 0 aliphatic rings. The van der Waals surface area contributed by atoms with Crippen LogP contribution >= 0.6 is 11.8 Å². The van der Waals surface area contributed by atoms with Crippen molar-refractivity contribution in [3.63, 3.8) is 0 Å². The van der Waals surface area contributed by atoms with Crippen molar-refractivity contribution >= 4 is 11.8 Å². The fourth-order valence-corrected chi connectivity index (χ4v) is 1.74. The molecule has 2 aromatic rings. The van der Waals surface area contributed by atoms with Gasteiger partial charge in [-0.15, -0.1) is 10.2 Å². The lowest BCUT2D eigenvalue weighted by Crippen LogP contribution is -2.00. The van der Waals surface area contributed by atoms with E-state index in [0.717, 1.165) is 12.3 Å². The second kappa shape index (κ2) is 4.94. The molecular weight excluding hydrogens is 214 g/mol. The number of thioether (sulfide) groups is 1. The number of nitrogens with two attached hydrogens (primary N) is 1. The van der Waals surface area contributed by atoms with Crippen molar-refractivity contribution < 1.29 is 4.42 Å². The molecule has 0 amide bonds. The van der Waals surface area contributed by atoms with Gasteiger partial charge in [-0.2, -0.15) is 5.10 Å². The average Bonchev–Trinajstić information content (AvgIpc) is 2.88. The minimum atomic E-state index is 0.284. The Kier molecular flexibility index (Phi) is 3.36. The molecule has 2 rings (SSSR count). The monoisotopic (exact) mass is 225 g/mol. The van der Waals surface area contributed by atoms with Gasteiger partial charge in [-0.05, 0) is 6.07 Å². The third kappa shape index (κ3) is 2.80. The number of aromatic nitrogens is 4. The van der Waals surface area contributed by atoms with Gasteiger partial charge in [0.1, 0.15) is 0 Å². The summed E-state index contributed by atoms with van der Waals surface area (Å²) in [6.07, 6.45) is 3.67. The Morgan fingerprint density at radius 2 is 2.40 bits per heavy atom. The van der Waals surface area contributed by atoms with Crippen LogP contribution < -0.4 is 5.73 Å². The molecule has 0 radical (unpaired) electrons. The summed E-state index contributed by atoms with van der Waals surface area (Å²) in [5.74, 6) is 1.31. The number of hydrogen-bond donors (Lipinski definition) is 1. The maximum Gasteiger partial charge on any atom is 0.276 e. The van der Waals surface area contributed by atoms with Crippen LogP contribution in [0.2, 0.25) is 0 Å². The van der Waals surface area contributed by atoms with Gasteiger partial charge < -0.3 is 10.2 Å². The summed E-state index contributed by atoms with van der Waals surface area (Å²) < 4.78 is 7.09. The quantitative estimate of drug-likeness (QED) is 0.747. The molecule has 0 saturated carbocycles. The highest BCUT2D eigenvalue weighted by atomic mass is 32.2. The van der Waals surface area contributed by atoms with Crippen molar-refractivity contribution in [1.29, 1.82) is 0 Å². The van der Waals surface area contributed by atoms with E-state index in [0.29, 0.717) is 11.1 Å². The number of aryl methyl sites for hydroxylation is 1. The first-order valence-electron chi connectivity index (χ1n) is 4.51. The van der Waals surface area contributed by atoms with Crippen LogP contribution in [0.5, 0.6) is 0 Å². The lowest BCUT2D eigenvalue weighted by Gasteiger charge is -1.97. The normalized spacial score (nSPS) is 10.7. The lowest BCUT2D eigenvalue weighted by atomic mass is 10.7. The Bertz CT molecular complexity index is 399. The maximum atomic E-state index is 5.35. The smallest absolute Gasteiger partial charge is 0.276 e. The number of nitrogens with zero attached hydrogens (tertiary/aromatic N) is 4. The fraction of sp³-hybridized carbons (Fsp3) is 0.375. The SMILES string of the molecule is NCc1nnc(SCCn2cccn2)o1. The summed E-state index contributed by atoms with van der Waals surface area (Å²) in [7, 11) is 0. The van der Waals surface area contributed by atoms with Gasteiger partial charge in [0.25, 0.3) is 5.22 Å². The molecule has 80 valence electrons. The zero-order valence-corrected chi connectivity index (χ0v) is 8.85. The largest absolute Gasteiger partial charge is 0.415 e. The molecule has 0 aliphatic carbocycles.